The third-order valence-corrected chi connectivity index (χ3v) is 1.80. The van der Waals surface area contributed by atoms with Crippen LogP contribution in [0.3, 0.4) is 0 Å². The summed E-state index contributed by atoms with van der Waals surface area (Å²) in [7, 11) is 0. The Morgan fingerprint density at radius 3 is 2.30 bits per heavy atom. The molecule has 0 heteroatoms. The highest BCUT2D eigenvalue weighted by Gasteiger charge is 2.21. The highest BCUT2D eigenvalue weighted by Crippen LogP contribution is 2.41. The Bertz CT molecular complexity index is 286. The summed E-state index contributed by atoms with van der Waals surface area (Å²) in [4.78, 5) is 0. The Morgan fingerprint density at radius 2 is 1.70 bits per heavy atom. The van der Waals surface area contributed by atoms with Crippen LogP contribution >= 0.6 is 0 Å². The van der Waals surface area contributed by atoms with Gasteiger partial charge in [-0.25, -0.2) is 0 Å². The molecule has 0 amide bonds. The predicted molar refractivity (Wildman–Crippen MR) is 41.9 cm³/mol. The molecular weight excluding hydrogens is 120 g/mol. The number of hydrogen-bond donors (Lipinski definition) is 0. The summed E-state index contributed by atoms with van der Waals surface area (Å²) in [6.45, 7) is 11.2. The lowest BCUT2D eigenvalue weighted by Gasteiger charge is -2.22. The minimum Gasteiger partial charge on any atom is -0.145 e. The second-order valence-corrected chi connectivity index (χ2v) is 2.37. The Kier molecular flexibility index (Phi) is 0.841. The fraction of sp³-hybridized carbons (Fsp3) is 0. The Morgan fingerprint density at radius 1 is 1.10 bits per heavy atom. The molecule has 0 saturated heterocycles. The maximum absolute atomic E-state index is 5.59. The van der Waals surface area contributed by atoms with E-state index in [4.69, 9.17) is 13.2 Å². The van der Waals surface area contributed by atoms with E-state index in [0.717, 1.165) is 22.3 Å². The number of benzene rings is 1. The van der Waals surface area contributed by atoms with E-state index in [1.165, 1.54) is 0 Å². The summed E-state index contributed by atoms with van der Waals surface area (Å²) in [5, 5.41) is 0. The van der Waals surface area contributed by atoms with Crippen molar-refractivity contribution in [2.75, 3.05) is 0 Å². The van der Waals surface area contributed by atoms with Gasteiger partial charge in [0.25, 0.3) is 0 Å². The predicted octanol–water partition coefficient (Wildman–Crippen LogP) is 2.33. The zero-order valence-electron chi connectivity index (χ0n) is 5.46. The van der Waals surface area contributed by atoms with Crippen LogP contribution in [0.1, 0.15) is 11.1 Å². The summed E-state index contributed by atoms with van der Waals surface area (Å²) in [6.07, 6.45) is 0. The zero-order chi connectivity index (χ0) is 7.14. The van der Waals surface area contributed by atoms with Crippen molar-refractivity contribution in [2.24, 2.45) is 0 Å². The first kappa shape index (κ1) is 5.40. The zero-order valence-corrected chi connectivity index (χ0v) is 5.46. The molecule has 1 aliphatic rings. The first-order valence-corrected chi connectivity index (χ1v) is 3.15. The van der Waals surface area contributed by atoms with Crippen LogP contribution in [0.2, 0.25) is 0 Å². The van der Waals surface area contributed by atoms with Gasteiger partial charge in [0, 0.05) is 5.56 Å². The summed E-state index contributed by atoms with van der Waals surface area (Å²) < 4.78 is 0. The molecule has 0 saturated carbocycles. The number of rotatable bonds is 0. The van der Waals surface area contributed by atoms with Gasteiger partial charge in [-0.05, 0) is 11.6 Å². The average Bonchev–Trinajstić information content (AvgIpc) is 2.03. The maximum Gasteiger partial charge on any atom is 0.0779 e. The van der Waals surface area contributed by atoms with Crippen molar-refractivity contribution in [2.45, 2.75) is 0 Å². The van der Waals surface area contributed by atoms with E-state index in [-0.39, 0.29) is 0 Å². The molecular formula is C10H6. The van der Waals surface area contributed by atoms with Gasteiger partial charge in [-0.15, -0.1) is 6.58 Å². The van der Waals surface area contributed by atoms with Crippen LogP contribution in [0.25, 0.3) is 11.1 Å². The molecule has 0 radical (unpaired) electrons. The molecule has 0 atom stereocenters. The average molecular weight is 126 g/mol. The van der Waals surface area contributed by atoms with Gasteiger partial charge >= 0.3 is 0 Å². The fourth-order valence-electron chi connectivity index (χ4n) is 1.18. The van der Waals surface area contributed by atoms with Crippen molar-refractivity contribution >= 4 is 11.1 Å². The van der Waals surface area contributed by atoms with Crippen molar-refractivity contribution < 1.29 is 0 Å². The molecule has 1 aromatic carbocycles. The van der Waals surface area contributed by atoms with Gasteiger partial charge in [-0.3, -0.25) is 0 Å². The summed E-state index contributed by atoms with van der Waals surface area (Å²) in [6, 6.07) is 7.86. The van der Waals surface area contributed by atoms with Gasteiger partial charge in [0.1, 0.15) is 0 Å². The van der Waals surface area contributed by atoms with E-state index < -0.39 is 0 Å². The lowest BCUT2D eigenvalue weighted by molar-refractivity contribution is 1.49. The van der Waals surface area contributed by atoms with Crippen LogP contribution in [0, 0.1) is 13.2 Å². The van der Waals surface area contributed by atoms with Gasteiger partial charge < -0.3 is 0 Å². The molecule has 1 aromatic rings. The van der Waals surface area contributed by atoms with Gasteiger partial charge in [-0.2, -0.15) is 0 Å². The van der Waals surface area contributed by atoms with E-state index >= 15 is 0 Å². The van der Waals surface area contributed by atoms with Crippen molar-refractivity contribution in [1.82, 2.24) is 0 Å². The largest absolute Gasteiger partial charge is 0.145 e. The minimum atomic E-state index is 0.732. The number of fused-ring (bicyclic) bond motifs is 1. The minimum absolute atomic E-state index is 0.732. The molecule has 0 nitrogen and oxygen atoms in total. The Hall–Kier alpha value is -1.39. The normalized spacial score (nSPS) is 14.3. The molecule has 0 aliphatic heterocycles. The topological polar surface area (TPSA) is 0 Å². The molecule has 46 valence electrons. The molecule has 0 heterocycles. The molecule has 0 bridgehead atoms. The van der Waals surface area contributed by atoms with Crippen molar-refractivity contribution in [3.05, 3.63) is 48.6 Å². The van der Waals surface area contributed by atoms with Crippen molar-refractivity contribution in [3.63, 3.8) is 0 Å². The van der Waals surface area contributed by atoms with Crippen LogP contribution in [0.15, 0.2) is 24.3 Å². The second kappa shape index (κ2) is 1.56. The molecule has 0 spiro atoms. The second-order valence-electron chi connectivity index (χ2n) is 2.37. The lowest BCUT2D eigenvalue weighted by Crippen LogP contribution is -2.02. The van der Waals surface area contributed by atoms with Crippen molar-refractivity contribution in [1.29, 1.82) is 0 Å². The lowest BCUT2D eigenvalue weighted by atomic mass is 9.80. The van der Waals surface area contributed by atoms with E-state index in [1.54, 1.807) is 0 Å². The summed E-state index contributed by atoms with van der Waals surface area (Å²) >= 11 is 0. The van der Waals surface area contributed by atoms with Crippen LogP contribution in [-0.2, 0) is 0 Å². The van der Waals surface area contributed by atoms with Gasteiger partial charge in [-0.1, -0.05) is 30.4 Å². The molecule has 0 unspecified atom stereocenters. The van der Waals surface area contributed by atoms with E-state index in [2.05, 4.69) is 0 Å². The SMILES string of the molecule is [CH+]=C1C(=[CH-])c2ccccc21. The van der Waals surface area contributed by atoms with Gasteiger partial charge in [0.15, 0.2) is 0 Å². The third-order valence-electron chi connectivity index (χ3n) is 1.80. The van der Waals surface area contributed by atoms with E-state index in [0.29, 0.717) is 0 Å². The maximum atomic E-state index is 5.59. The summed E-state index contributed by atoms with van der Waals surface area (Å²) in [5.41, 5.74) is 3.63. The Balaban J connectivity index is 2.71. The number of allylic oxidation sites excluding steroid dienone is 2. The standard InChI is InChI=1S/C10H6/c1-7-8(2)10-6-4-3-5-9(7)10/h1-6H. The molecule has 0 aromatic heterocycles. The quantitative estimate of drug-likeness (QED) is 0.468. The third kappa shape index (κ3) is 0.445. The van der Waals surface area contributed by atoms with E-state index in [9.17, 15) is 0 Å². The molecule has 10 heavy (non-hydrogen) atoms. The highest BCUT2D eigenvalue weighted by molar-refractivity contribution is 6.13. The molecule has 0 N–H and O–H groups in total. The monoisotopic (exact) mass is 126 g/mol. The fourth-order valence-corrected chi connectivity index (χ4v) is 1.18. The first-order valence-electron chi connectivity index (χ1n) is 3.15. The van der Waals surface area contributed by atoms with Crippen LogP contribution in [0.5, 0.6) is 0 Å². The molecule has 1 aliphatic carbocycles. The van der Waals surface area contributed by atoms with Crippen molar-refractivity contribution in [3.8, 4) is 0 Å². The van der Waals surface area contributed by atoms with E-state index in [1.807, 2.05) is 24.3 Å². The van der Waals surface area contributed by atoms with Crippen LogP contribution in [0.4, 0.5) is 0 Å². The van der Waals surface area contributed by atoms with Crippen LogP contribution < -0.4 is 0 Å². The molecule has 0 fully saturated rings. The van der Waals surface area contributed by atoms with Gasteiger partial charge in [0.05, 0.1) is 5.57 Å². The smallest absolute Gasteiger partial charge is 0.0779 e. The molecule has 2 rings (SSSR count). The highest BCUT2D eigenvalue weighted by atomic mass is 14.2. The number of hydrogen-bond acceptors (Lipinski definition) is 0. The summed E-state index contributed by atoms with van der Waals surface area (Å²) in [5.74, 6) is 0. The Labute approximate surface area is 60.5 Å². The van der Waals surface area contributed by atoms with Gasteiger partial charge in [0.2, 0.25) is 0 Å². The first-order chi connectivity index (χ1) is 4.80. The van der Waals surface area contributed by atoms with Crippen LogP contribution in [-0.4, -0.2) is 0 Å².